The first-order valence-corrected chi connectivity index (χ1v) is 7.28. The molecule has 0 aliphatic carbocycles. The monoisotopic (exact) mass is 336 g/mol. The molecule has 6 heteroatoms. The molecule has 2 aromatic heterocycles. The van der Waals surface area contributed by atoms with Gasteiger partial charge in [0.05, 0.1) is 5.02 Å². The van der Waals surface area contributed by atoms with Crippen LogP contribution < -0.4 is 5.56 Å². The van der Waals surface area contributed by atoms with Gasteiger partial charge < -0.3 is 0 Å². The van der Waals surface area contributed by atoms with Crippen molar-refractivity contribution in [2.45, 2.75) is 13.8 Å². The maximum absolute atomic E-state index is 14.2. The van der Waals surface area contributed by atoms with E-state index in [-0.39, 0.29) is 5.56 Å². The maximum atomic E-state index is 14.2. The lowest BCUT2D eigenvalue weighted by Gasteiger charge is -2.11. The van der Waals surface area contributed by atoms with E-state index < -0.39 is 5.82 Å². The second-order valence-corrected chi connectivity index (χ2v) is 5.89. The Kier molecular flexibility index (Phi) is 3.67. The zero-order valence-corrected chi connectivity index (χ0v) is 13.3. The van der Waals surface area contributed by atoms with Crippen LogP contribution in [0.4, 0.5) is 4.39 Å². The van der Waals surface area contributed by atoms with E-state index in [0.29, 0.717) is 38.1 Å². The summed E-state index contributed by atoms with van der Waals surface area (Å²) in [5.74, 6) is -0.496. The van der Waals surface area contributed by atoms with Crippen molar-refractivity contribution in [1.29, 1.82) is 0 Å². The van der Waals surface area contributed by atoms with Crippen LogP contribution in [0.25, 0.3) is 16.8 Å². The molecule has 0 unspecified atom stereocenters. The molecule has 3 nitrogen and oxygen atoms in total. The molecule has 0 spiro atoms. The Bertz CT molecular complexity index is 966. The number of aromatic nitrogens is 2. The van der Waals surface area contributed by atoms with Crippen molar-refractivity contribution in [2.75, 3.05) is 0 Å². The highest BCUT2D eigenvalue weighted by Crippen LogP contribution is 2.30. The van der Waals surface area contributed by atoms with Gasteiger partial charge in [-0.15, -0.1) is 0 Å². The van der Waals surface area contributed by atoms with Crippen molar-refractivity contribution in [2.24, 2.45) is 0 Å². The van der Waals surface area contributed by atoms with Gasteiger partial charge in [-0.1, -0.05) is 23.2 Å². The summed E-state index contributed by atoms with van der Waals surface area (Å²) in [6.07, 6.45) is 1.48. The first kappa shape index (κ1) is 15.0. The van der Waals surface area contributed by atoms with Gasteiger partial charge in [-0.2, -0.15) is 0 Å². The molecule has 0 fully saturated rings. The number of aryl methyl sites for hydroxylation is 1. The van der Waals surface area contributed by atoms with Gasteiger partial charge >= 0.3 is 0 Å². The molecule has 0 saturated heterocycles. The van der Waals surface area contributed by atoms with Gasteiger partial charge in [-0.25, -0.2) is 9.37 Å². The van der Waals surface area contributed by atoms with Gasteiger partial charge in [0, 0.05) is 33.6 Å². The molecule has 0 aliphatic rings. The lowest BCUT2D eigenvalue weighted by Crippen LogP contribution is -2.19. The Morgan fingerprint density at radius 2 is 1.82 bits per heavy atom. The van der Waals surface area contributed by atoms with Crippen LogP contribution in [0.1, 0.15) is 11.3 Å². The fourth-order valence-corrected chi connectivity index (χ4v) is 2.67. The van der Waals surface area contributed by atoms with Crippen LogP contribution in [0.15, 0.2) is 35.3 Å². The Hall–Kier alpha value is -1.91. The number of nitrogens with zero attached hydrogens (tertiary/aromatic N) is 2. The molecule has 3 rings (SSSR count). The quantitative estimate of drug-likeness (QED) is 0.659. The van der Waals surface area contributed by atoms with E-state index in [1.165, 1.54) is 16.7 Å². The standard InChI is InChI=1S/C16H11Cl2FN2O/c1-8-9(2)20-15-13(5-11(18)7-21(15)16(8)22)12-4-3-10(17)6-14(12)19/h3-7H,1-2H3. The lowest BCUT2D eigenvalue weighted by atomic mass is 10.1. The molecular formula is C16H11Cl2FN2O. The topological polar surface area (TPSA) is 34.4 Å². The van der Waals surface area contributed by atoms with Gasteiger partial charge in [0.2, 0.25) is 0 Å². The van der Waals surface area contributed by atoms with Crippen molar-refractivity contribution in [1.82, 2.24) is 9.38 Å². The van der Waals surface area contributed by atoms with E-state index in [0.717, 1.165) is 0 Å². The van der Waals surface area contributed by atoms with Gasteiger partial charge in [-0.05, 0) is 38.1 Å². The predicted octanol–water partition coefficient (Wildman–Crippen LogP) is 4.42. The van der Waals surface area contributed by atoms with Crippen molar-refractivity contribution < 1.29 is 4.39 Å². The fourth-order valence-electron chi connectivity index (χ4n) is 2.31. The van der Waals surface area contributed by atoms with Crippen LogP contribution in [0.3, 0.4) is 0 Å². The normalized spacial score (nSPS) is 11.1. The summed E-state index contributed by atoms with van der Waals surface area (Å²) in [6.45, 7) is 3.44. The summed E-state index contributed by atoms with van der Waals surface area (Å²) in [5, 5.41) is 0.619. The first-order valence-electron chi connectivity index (χ1n) is 6.53. The smallest absolute Gasteiger partial charge is 0.261 e. The van der Waals surface area contributed by atoms with E-state index in [2.05, 4.69) is 4.98 Å². The molecule has 112 valence electrons. The highest BCUT2D eigenvalue weighted by atomic mass is 35.5. The summed E-state index contributed by atoms with van der Waals surface area (Å²) in [5.41, 5.74) is 2.01. The number of hydrogen-bond acceptors (Lipinski definition) is 2. The predicted molar refractivity (Wildman–Crippen MR) is 86.4 cm³/mol. The SMILES string of the molecule is Cc1nc2c(-c3ccc(Cl)cc3F)cc(Cl)cn2c(=O)c1C. The summed E-state index contributed by atoms with van der Waals surface area (Å²) < 4.78 is 15.6. The minimum Gasteiger partial charge on any atom is -0.269 e. The van der Waals surface area contributed by atoms with Crippen LogP contribution in [-0.4, -0.2) is 9.38 Å². The molecule has 0 amide bonds. The zero-order chi connectivity index (χ0) is 16.0. The van der Waals surface area contributed by atoms with Crippen LogP contribution in [0.5, 0.6) is 0 Å². The molecule has 2 heterocycles. The summed E-state index contributed by atoms with van der Waals surface area (Å²) in [7, 11) is 0. The van der Waals surface area contributed by atoms with Crippen molar-refractivity contribution in [3.8, 4) is 11.1 Å². The number of benzene rings is 1. The van der Waals surface area contributed by atoms with E-state index in [1.807, 2.05) is 0 Å². The van der Waals surface area contributed by atoms with Crippen LogP contribution in [0, 0.1) is 19.7 Å². The maximum Gasteiger partial charge on any atom is 0.261 e. The first-order chi connectivity index (χ1) is 10.4. The highest BCUT2D eigenvalue weighted by Gasteiger charge is 2.15. The number of rotatable bonds is 1. The largest absolute Gasteiger partial charge is 0.269 e. The van der Waals surface area contributed by atoms with Gasteiger partial charge in [0.25, 0.3) is 5.56 Å². The molecule has 0 bridgehead atoms. The van der Waals surface area contributed by atoms with E-state index >= 15 is 0 Å². The number of halogens is 3. The Morgan fingerprint density at radius 3 is 2.50 bits per heavy atom. The number of hydrogen-bond donors (Lipinski definition) is 0. The van der Waals surface area contributed by atoms with Crippen molar-refractivity contribution in [3.05, 3.63) is 67.9 Å². The minimum absolute atomic E-state index is 0.222. The molecule has 0 N–H and O–H groups in total. The molecular weight excluding hydrogens is 326 g/mol. The molecule has 0 atom stereocenters. The third kappa shape index (κ3) is 2.38. The minimum atomic E-state index is -0.496. The average molecular weight is 337 g/mol. The molecule has 22 heavy (non-hydrogen) atoms. The third-order valence-corrected chi connectivity index (χ3v) is 4.02. The van der Waals surface area contributed by atoms with E-state index in [1.54, 1.807) is 32.0 Å². The molecule has 0 radical (unpaired) electrons. The second kappa shape index (κ2) is 5.38. The third-order valence-electron chi connectivity index (χ3n) is 3.58. The van der Waals surface area contributed by atoms with Gasteiger partial charge in [-0.3, -0.25) is 9.20 Å². The van der Waals surface area contributed by atoms with Crippen molar-refractivity contribution >= 4 is 28.8 Å². The zero-order valence-electron chi connectivity index (χ0n) is 11.8. The molecule has 1 aromatic carbocycles. The number of pyridine rings is 1. The highest BCUT2D eigenvalue weighted by molar-refractivity contribution is 6.31. The van der Waals surface area contributed by atoms with Crippen molar-refractivity contribution in [3.63, 3.8) is 0 Å². The number of fused-ring (bicyclic) bond motifs is 1. The fraction of sp³-hybridized carbons (Fsp3) is 0.125. The van der Waals surface area contributed by atoms with Crippen LogP contribution in [0.2, 0.25) is 10.0 Å². The summed E-state index contributed by atoms with van der Waals surface area (Å²) in [6, 6.07) is 5.93. The second-order valence-electron chi connectivity index (χ2n) is 5.02. The Balaban J connectivity index is 2.46. The van der Waals surface area contributed by atoms with Gasteiger partial charge in [0.15, 0.2) is 0 Å². The molecule has 0 aliphatic heterocycles. The van der Waals surface area contributed by atoms with E-state index in [9.17, 15) is 9.18 Å². The molecule has 3 aromatic rings. The van der Waals surface area contributed by atoms with E-state index in [4.69, 9.17) is 23.2 Å². The van der Waals surface area contributed by atoms with Crippen LogP contribution in [-0.2, 0) is 0 Å². The van der Waals surface area contributed by atoms with Crippen LogP contribution >= 0.6 is 23.2 Å². The average Bonchev–Trinajstić information content (AvgIpc) is 2.46. The Morgan fingerprint density at radius 1 is 1.09 bits per heavy atom. The lowest BCUT2D eigenvalue weighted by molar-refractivity contribution is 0.631. The molecule has 0 saturated carbocycles. The summed E-state index contributed by atoms with van der Waals surface area (Å²) >= 11 is 11.9. The summed E-state index contributed by atoms with van der Waals surface area (Å²) in [4.78, 5) is 16.8. The van der Waals surface area contributed by atoms with Gasteiger partial charge in [0.1, 0.15) is 11.5 Å². The Labute approximate surface area is 136 Å².